The molecule has 2 heterocycles. The van der Waals surface area contributed by atoms with Gasteiger partial charge in [0.25, 0.3) is 11.8 Å². The molecule has 0 bridgehead atoms. The second-order valence-corrected chi connectivity index (χ2v) is 8.20. The molecule has 0 radical (unpaired) electrons. The highest BCUT2D eigenvalue weighted by molar-refractivity contribution is 6.46. The molecule has 7 heteroatoms. The number of amides is 2. The molecule has 3 aromatic carbocycles. The van der Waals surface area contributed by atoms with Gasteiger partial charge in [0, 0.05) is 11.8 Å². The molecule has 34 heavy (non-hydrogen) atoms. The quantitative estimate of drug-likeness (QED) is 0.571. The number of carbonyl (C=O) groups excluding carboxylic acids is 2. The van der Waals surface area contributed by atoms with Crippen LogP contribution < -0.4 is 24.4 Å². The zero-order chi connectivity index (χ0) is 23.8. The normalized spacial score (nSPS) is 15.1. The van der Waals surface area contributed by atoms with Crippen LogP contribution in [-0.4, -0.2) is 32.1 Å². The molecule has 0 aromatic heterocycles. The maximum Gasteiger partial charge on any atom is 0.282 e. The van der Waals surface area contributed by atoms with Crippen molar-refractivity contribution in [2.24, 2.45) is 0 Å². The zero-order valence-electron chi connectivity index (χ0n) is 19.2. The molecule has 172 valence electrons. The minimum atomic E-state index is -0.417. The number of fused-ring (bicyclic) bond motifs is 1. The van der Waals surface area contributed by atoms with Gasteiger partial charge in [-0.1, -0.05) is 24.3 Å². The standard InChI is InChI=1S/C27H24N2O5/c1-16-4-5-17(2)21(14-16)29-26(30)24(18-6-9-20(32-3)10-7-18)25(27(29)31)28-19-8-11-22-23(15-19)34-13-12-33-22/h4-11,14-15,28H,12-13H2,1-3H3. The third-order valence-electron chi connectivity index (χ3n) is 5.88. The summed E-state index contributed by atoms with van der Waals surface area (Å²) in [6.45, 7) is 4.76. The van der Waals surface area contributed by atoms with Gasteiger partial charge >= 0.3 is 0 Å². The smallest absolute Gasteiger partial charge is 0.282 e. The Balaban J connectivity index is 1.60. The van der Waals surface area contributed by atoms with E-state index in [4.69, 9.17) is 14.2 Å². The Morgan fingerprint density at radius 3 is 2.32 bits per heavy atom. The van der Waals surface area contributed by atoms with Crippen LogP contribution in [-0.2, 0) is 9.59 Å². The van der Waals surface area contributed by atoms with Crippen LogP contribution >= 0.6 is 0 Å². The van der Waals surface area contributed by atoms with E-state index in [1.807, 2.05) is 32.0 Å². The third-order valence-corrected chi connectivity index (χ3v) is 5.88. The van der Waals surface area contributed by atoms with Crippen LogP contribution in [0.15, 0.2) is 66.4 Å². The Hall–Kier alpha value is -4.26. The van der Waals surface area contributed by atoms with Gasteiger partial charge < -0.3 is 19.5 Å². The van der Waals surface area contributed by atoms with Gasteiger partial charge in [-0.15, -0.1) is 0 Å². The summed E-state index contributed by atoms with van der Waals surface area (Å²) in [6, 6.07) is 18.1. The van der Waals surface area contributed by atoms with E-state index in [9.17, 15) is 9.59 Å². The minimum absolute atomic E-state index is 0.202. The van der Waals surface area contributed by atoms with Crippen LogP contribution in [0.3, 0.4) is 0 Å². The SMILES string of the molecule is COc1ccc(C2=C(Nc3ccc4c(c3)OCCO4)C(=O)N(c3cc(C)ccc3C)C2=O)cc1. The van der Waals surface area contributed by atoms with Crippen LogP contribution in [0.5, 0.6) is 17.2 Å². The molecule has 1 N–H and O–H groups in total. The molecule has 2 amide bonds. The Morgan fingerprint density at radius 1 is 0.853 bits per heavy atom. The number of nitrogens with one attached hydrogen (secondary N) is 1. The van der Waals surface area contributed by atoms with E-state index >= 15 is 0 Å². The predicted octanol–water partition coefficient (Wildman–Crippen LogP) is 4.48. The van der Waals surface area contributed by atoms with Crippen LogP contribution in [0, 0.1) is 13.8 Å². The first kappa shape index (κ1) is 21.6. The molecule has 0 aliphatic carbocycles. The van der Waals surface area contributed by atoms with Gasteiger partial charge in [0.2, 0.25) is 0 Å². The van der Waals surface area contributed by atoms with Crippen molar-refractivity contribution in [2.45, 2.75) is 13.8 Å². The molecule has 0 spiro atoms. The summed E-state index contributed by atoms with van der Waals surface area (Å²) in [4.78, 5) is 28.6. The van der Waals surface area contributed by atoms with Crippen LogP contribution in [0.2, 0.25) is 0 Å². The van der Waals surface area contributed by atoms with Gasteiger partial charge in [-0.05, 0) is 60.9 Å². The Kier molecular flexibility index (Phi) is 5.45. The van der Waals surface area contributed by atoms with Crippen molar-refractivity contribution in [1.82, 2.24) is 0 Å². The summed E-state index contributed by atoms with van der Waals surface area (Å²) in [5, 5.41) is 3.18. The van der Waals surface area contributed by atoms with Gasteiger partial charge in [-0.3, -0.25) is 9.59 Å². The average molecular weight is 456 g/mol. The van der Waals surface area contributed by atoms with Crippen LogP contribution in [0.4, 0.5) is 11.4 Å². The summed E-state index contributed by atoms with van der Waals surface area (Å²) >= 11 is 0. The van der Waals surface area contributed by atoms with Crippen LogP contribution in [0.25, 0.3) is 5.57 Å². The van der Waals surface area contributed by atoms with E-state index < -0.39 is 5.91 Å². The molecule has 5 rings (SSSR count). The fourth-order valence-electron chi connectivity index (χ4n) is 4.12. The van der Waals surface area contributed by atoms with Gasteiger partial charge in [0.05, 0.1) is 18.4 Å². The second kappa shape index (κ2) is 8.59. The van der Waals surface area contributed by atoms with Crippen molar-refractivity contribution in [3.8, 4) is 17.2 Å². The first-order valence-electron chi connectivity index (χ1n) is 11.0. The van der Waals surface area contributed by atoms with E-state index in [1.165, 1.54) is 4.90 Å². The highest BCUT2D eigenvalue weighted by Crippen LogP contribution is 2.38. The molecule has 7 nitrogen and oxygen atoms in total. The third kappa shape index (κ3) is 3.75. The fraction of sp³-hybridized carbons (Fsp3) is 0.185. The fourth-order valence-corrected chi connectivity index (χ4v) is 4.12. The summed E-state index contributed by atoms with van der Waals surface area (Å²) in [5.74, 6) is 1.09. The molecule has 2 aliphatic heterocycles. The number of ether oxygens (including phenoxy) is 3. The first-order valence-corrected chi connectivity index (χ1v) is 11.0. The van der Waals surface area contributed by atoms with E-state index in [0.29, 0.717) is 53.0 Å². The lowest BCUT2D eigenvalue weighted by atomic mass is 10.0. The number of rotatable bonds is 5. The van der Waals surface area contributed by atoms with Gasteiger partial charge in [0.15, 0.2) is 11.5 Å². The number of nitrogens with zero attached hydrogens (tertiary/aromatic N) is 1. The maximum atomic E-state index is 13.7. The van der Waals surface area contributed by atoms with Crippen molar-refractivity contribution in [3.63, 3.8) is 0 Å². The molecule has 0 saturated heterocycles. The topological polar surface area (TPSA) is 77.1 Å². The molecule has 3 aromatic rings. The number of methoxy groups -OCH3 is 1. The lowest BCUT2D eigenvalue weighted by molar-refractivity contribution is -0.120. The summed E-state index contributed by atoms with van der Waals surface area (Å²) in [6.07, 6.45) is 0. The number of benzene rings is 3. The number of anilines is 2. The minimum Gasteiger partial charge on any atom is -0.497 e. The first-order chi connectivity index (χ1) is 16.5. The van der Waals surface area contributed by atoms with E-state index in [-0.39, 0.29) is 11.6 Å². The highest BCUT2D eigenvalue weighted by Gasteiger charge is 2.41. The largest absolute Gasteiger partial charge is 0.497 e. The zero-order valence-corrected chi connectivity index (χ0v) is 19.2. The van der Waals surface area contributed by atoms with Gasteiger partial charge in [-0.25, -0.2) is 4.90 Å². The molecular formula is C27H24N2O5. The Morgan fingerprint density at radius 2 is 1.59 bits per heavy atom. The number of imide groups is 1. The average Bonchev–Trinajstić information content (AvgIpc) is 3.09. The monoisotopic (exact) mass is 456 g/mol. The molecule has 2 aliphatic rings. The summed E-state index contributed by atoms with van der Waals surface area (Å²) < 4.78 is 16.5. The Labute approximate surface area is 197 Å². The Bertz CT molecular complexity index is 1330. The van der Waals surface area contributed by atoms with Crippen LogP contribution in [0.1, 0.15) is 16.7 Å². The second-order valence-electron chi connectivity index (χ2n) is 8.20. The lowest BCUT2D eigenvalue weighted by Crippen LogP contribution is -2.33. The molecule has 0 atom stereocenters. The predicted molar refractivity (Wildman–Crippen MR) is 129 cm³/mol. The van der Waals surface area contributed by atoms with Gasteiger partial charge in [-0.2, -0.15) is 0 Å². The number of hydrogen-bond acceptors (Lipinski definition) is 6. The van der Waals surface area contributed by atoms with Crippen molar-refractivity contribution < 1.29 is 23.8 Å². The number of carbonyl (C=O) groups is 2. The van der Waals surface area contributed by atoms with Crippen molar-refractivity contribution in [1.29, 1.82) is 0 Å². The highest BCUT2D eigenvalue weighted by atomic mass is 16.6. The summed E-state index contributed by atoms with van der Waals surface area (Å²) in [5.41, 5.74) is 4.10. The molecule has 0 saturated carbocycles. The van der Waals surface area contributed by atoms with Crippen molar-refractivity contribution in [3.05, 3.63) is 83.1 Å². The number of hydrogen-bond donors (Lipinski definition) is 1. The van der Waals surface area contributed by atoms with Crippen molar-refractivity contribution in [2.75, 3.05) is 30.5 Å². The number of aryl methyl sites for hydroxylation is 2. The van der Waals surface area contributed by atoms with E-state index in [0.717, 1.165) is 11.1 Å². The van der Waals surface area contributed by atoms with E-state index in [2.05, 4.69) is 5.32 Å². The summed E-state index contributed by atoms with van der Waals surface area (Å²) in [7, 11) is 1.58. The van der Waals surface area contributed by atoms with Crippen molar-refractivity contribution >= 4 is 28.8 Å². The molecular weight excluding hydrogens is 432 g/mol. The molecule has 0 unspecified atom stereocenters. The van der Waals surface area contributed by atoms with E-state index in [1.54, 1.807) is 49.6 Å². The lowest BCUT2D eigenvalue weighted by Gasteiger charge is -2.20. The van der Waals surface area contributed by atoms with Gasteiger partial charge in [0.1, 0.15) is 24.7 Å². The maximum absolute atomic E-state index is 13.7. The molecule has 0 fully saturated rings.